The first-order valence-electron chi connectivity index (χ1n) is 5.05. The number of aryl methyl sites for hydroxylation is 1. The third-order valence-electron chi connectivity index (χ3n) is 2.20. The highest BCUT2D eigenvalue weighted by Crippen LogP contribution is 2.14. The first kappa shape index (κ1) is 13.6. The molecule has 0 amide bonds. The quantitative estimate of drug-likeness (QED) is 0.820. The molecular weight excluding hydrogens is 240 g/mol. The van der Waals surface area contributed by atoms with Crippen LogP contribution < -0.4 is 4.72 Å². The number of aliphatic hydroxyl groups excluding tert-OH is 1. The molecule has 6 heteroatoms. The van der Waals surface area contributed by atoms with E-state index in [0.717, 1.165) is 0 Å². The van der Waals surface area contributed by atoms with Gasteiger partial charge in [-0.3, -0.25) is 0 Å². The lowest BCUT2D eigenvalue weighted by Gasteiger charge is -2.09. The Hall–Kier alpha value is -1.42. The highest BCUT2D eigenvalue weighted by molar-refractivity contribution is 7.89. The topological polar surface area (TPSA) is 90.2 Å². The molecule has 0 aliphatic heterocycles. The fraction of sp³-hybridized carbons (Fsp3) is 0.364. The summed E-state index contributed by atoms with van der Waals surface area (Å²) >= 11 is 0. The minimum absolute atomic E-state index is 0.0403. The highest BCUT2D eigenvalue weighted by atomic mass is 32.2. The minimum Gasteiger partial charge on any atom is -0.392 e. The van der Waals surface area contributed by atoms with Crippen molar-refractivity contribution in [2.24, 2.45) is 0 Å². The molecule has 0 aliphatic carbocycles. The summed E-state index contributed by atoms with van der Waals surface area (Å²) in [5.41, 5.74) is 1.05. The lowest BCUT2D eigenvalue weighted by atomic mass is 10.1. The molecule has 0 spiro atoms. The van der Waals surface area contributed by atoms with Gasteiger partial charge in [-0.15, -0.1) is 0 Å². The van der Waals surface area contributed by atoms with E-state index in [2.05, 4.69) is 4.72 Å². The van der Waals surface area contributed by atoms with Crippen LogP contribution in [-0.4, -0.2) is 26.2 Å². The number of benzene rings is 1. The number of nitrogens with zero attached hydrogens (tertiary/aromatic N) is 1. The number of nitrogens with one attached hydrogen (secondary N) is 1. The van der Waals surface area contributed by atoms with Gasteiger partial charge in [0.15, 0.2) is 0 Å². The average molecular weight is 254 g/mol. The SMILES string of the molecule is Cc1cc(S(=O)(=O)NC[C@H](C)O)ccc1C#N. The number of hydrogen-bond donors (Lipinski definition) is 2. The molecule has 0 bridgehead atoms. The minimum atomic E-state index is -3.62. The Morgan fingerprint density at radius 2 is 2.18 bits per heavy atom. The highest BCUT2D eigenvalue weighted by Gasteiger charge is 2.15. The summed E-state index contributed by atoms with van der Waals surface area (Å²) < 4.78 is 25.8. The van der Waals surface area contributed by atoms with Crippen LogP contribution in [0.1, 0.15) is 18.1 Å². The Kier molecular flexibility index (Phi) is 4.23. The lowest BCUT2D eigenvalue weighted by molar-refractivity contribution is 0.198. The predicted molar refractivity (Wildman–Crippen MR) is 62.8 cm³/mol. The maximum absolute atomic E-state index is 11.8. The van der Waals surface area contributed by atoms with Crippen LogP contribution >= 0.6 is 0 Å². The van der Waals surface area contributed by atoms with Gasteiger partial charge < -0.3 is 5.11 Å². The number of aliphatic hydroxyl groups is 1. The molecule has 1 atom stereocenters. The second-order valence-corrected chi connectivity index (χ2v) is 5.56. The standard InChI is InChI=1S/C11H14N2O3S/c1-8-5-11(4-3-10(8)6-12)17(15,16)13-7-9(2)14/h3-5,9,13-14H,7H2,1-2H3/t9-/m0/s1. The van der Waals surface area contributed by atoms with E-state index >= 15 is 0 Å². The van der Waals surface area contributed by atoms with Gasteiger partial charge in [-0.05, 0) is 37.6 Å². The van der Waals surface area contributed by atoms with Crippen molar-refractivity contribution in [3.8, 4) is 6.07 Å². The average Bonchev–Trinajstić information content (AvgIpc) is 2.26. The summed E-state index contributed by atoms with van der Waals surface area (Å²) in [6.07, 6.45) is -0.746. The van der Waals surface area contributed by atoms with Gasteiger partial charge in [0.25, 0.3) is 0 Å². The zero-order valence-electron chi connectivity index (χ0n) is 9.64. The summed E-state index contributed by atoms with van der Waals surface area (Å²) in [5, 5.41) is 17.8. The van der Waals surface area contributed by atoms with Crippen LogP contribution in [-0.2, 0) is 10.0 Å². The summed E-state index contributed by atoms with van der Waals surface area (Å²) in [6.45, 7) is 3.13. The third-order valence-corrected chi connectivity index (χ3v) is 3.62. The fourth-order valence-corrected chi connectivity index (χ4v) is 2.45. The van der Waals surface area contributed by atoms with Gasteiger partial charge >= 0.3 is 0 Å². The van der Waals surface area contributed by atoms with E-state index in [1.165, 1.54) is 25.1 Å². The molecule has 0 saturated carbocycles. The molecule has 0 saturated heterocycles. The van der Waals surface area contributed by atoms with Crippen molar-refractivity contribution >= 4 is 10.0 Å². The number of nitriles is 1. The van der Waals surface area contributed by atoms with Gasteiger partial charge in [0.05, 0.1) is 22.6 Å². The molecule has 2 N–H and O–H groups in total. The zero-order chi connectivity index (χ0) is 13.1. The molecule has 0 heterocycles. The van der Waals surface area contributed by atoms with Crippen molar-refractivity contribution in [1.82, 2.24) is 4.72 Å². The summed E-state index contributed by atoms with van der Waals surface area (Å²) in [5.74, 6) is 0. The van der Waals surface area contributed by atoms with Crippen molar-refractivity contribution in [2.45, 2.75) is 24.8 Å². The predicted octanol–water partition coefficient (Wildman–Crippen LogP) is 0.526. The molecular formula is C11H14N2O3S. The van der Waals surface area contributed by atoms with E-state index in [0.29, 0.717) is 11.1 Å². The smallest absolute Gasteiger partial charge is 0.240 e. The molecule has 0 fully saturated rings. The van der Waals surface area contributed by atoms with E-state index in [9.17, 15) is 8.42 Å². The molecule has 0 radical (unpaired) electrons. The Labute approximate surface area is 101 Å². The maximum atomic E-state index is 11.8. The van der Waals surface area contributed by atoms with Crippen LogP contribution in [0.5, 0.6) is 0 Å². The first-order valence-corrected chi connectivity index (χ1v) is 6.53. The van der Waals surface area contributed by atoms with Crippen LogP contribution in [0.3, 0.4) is 0 Å². The van der Waals surface area contributed by atoms with Gasteiger partial charge in [-0.2, -0.15) is 5.26 Å². The zero-order valence-corrected chi connectivity index (χ0v) is 10.5. The first-order chi connectivity index (χ1) is 7.86. The molecule has 92 valence electrons. The molecule has 0 aromatic heterocycles. The van der Waals surface area contributed by atoms with E-state index in [1.54, 1.807) is 6.92 Å². The maximum Gasteiger partial charge on any atom is 0.240 e. The normalized spacial score (nSPS) is 13.1. The second-order valence-electron chi connectivity index (χ2n) is 3.79. The lowest BCUT2D eigenvalue weighted by Crippen LogP contribution is -2.30. The van der Waals surface area contributed by atoms with E-state index in [1.807, 2.05) is 6.07 Å². The molecule has 5 nitrogen and oxygen atoms in total. The number of rotatable bonds is 4. The van der Waals surface area contributed by atoms with Gasteiger partial charge in [0, 0.05) is 6.54 Å². The fourth-order valence-electron chi connectivity index (χ4n) is 1.24. The van der Waals surface area contributed by atoms with E-state index in [-0.39, 0.29) is 11.4 Å². The summed E-state index contributed by atoms with van der Waals surface area (Å²) in [7, 11) is -3.62. The van der Waals surface area contributed by atoms with E-state index in [4.69, 9.17) is 10.4 Å². The Morgan fingerprint density at radius 1 is 1.53 bits per heavy atom. The Balaban J connectivity index is 3.01. The summed E-state index contributed by atoms with van der Waals surface area (Å²) in [4.78, 5) is 0.0923. The number of hydrogen-bond acceptors (Lipinski definition) is 4. The number of sulfonamides is 1. The largest absolute Gasteiger partial charge is 0.392 e. The van der Waals surface area contributed by atoms with E-state index < -0.39 is 16.1 Å². The Bertz CT molecular complexity index is 544. The van der Waals surface area contributed by atoms with Crippen molar-refractivity contribution in [3.05, 3.63) is 29.3 Å². The van der Waals surface area contributed by atoms with Gasteiger partial charge in [0.1, 0.15) is 0 Å². The van der Waals surface area contributed by atoms with Crippen LogP contribution in [0.2, 0.25) is 0 Å². The third kappa shape index (κ3) is 3.53. The van der Waals surface area contributed by atoms with Crippen molar-refractivity contribution in [2.75, 3.05) is 6.54 Å². The van der Waals surface area contributed by atoms with Crippen molar-refractivity contribution in [1.29, 1.82) is 5.26 Å². The molecule has 0 unspecified atom stereocenters. The van der Waals surface area contributed by atoms with Crippen LogP contribution in [0.15, 0.2) is 23.1 Å². The van der Waals surface area contributed by atoms with Gasteiger partial charge in [-0.25, -0.2) is 13.1 Å². The molecule has 0 aliphatic rings. The summed E-state index contributed by atoms with van der Waals surface area (Å²) in [6, 6.07) is 6.24. The van der Waals surface area contributed by atoms with Crippen LogP contribution in [0.25, 0.3) is 0 Å². The molecule has 1 rings (SSSR count). The van der Waals surface area contributed by atoms with Crippen molar-refractivity contribution < 1.29 is 13.5 Å². The second kappa shape index (κ2) is 5.27. The van der Waals surface area contributed by atoms with Crippen LogP contribution in [0, 0.1) is 18.3 Å². The monoisotopic (exact) mass is 254 g/mol. The molecule has 1 aromatic carbocycles. The Morgan fingerprint density at radius 3 is 2.65 bits per heavy atom. The van der Waals surface area contributed by atoms with Gasteiger partial charge in [0.2, 0.25) is 10.0 Å². The van der Waals surface area contributed by atoms with Gasteiger partial charge in [-0.1, -0.05) is 0 Å². The van der Waals surface area contributed by atoms with Crippen molar-refractivity contribution in [3.63, 3.8) is 0 Å². The molecule has 1 aromatic rings. The van der Waals surface area contributed by atoms with Crippen LogP contribution in [0.4, 0.5) is 0 Å². The molecule has 17 heavy (non-hydrogen) atoms.